The molecule has 0 aromatic heterocycles. The zero-order valence-electron chi connectivity index (χ0n) is 7.58. The van der Waals surface area contributed by atoms with Crippen molar-refractivity contribution < 1.29 is 13.9 Å². The fourth-order valence-electron chi connectivity index (χ4n) is 0.947. The largest absolute Gasteiger partial charge is 0.462 e. The van der Waals surface area contributed by atoms with E-state index in [9.17, 15) is 9.18 Å². The maximum absolute atomic E-state index is 13.0. The zero-order valence-corrected chi connectivity index (χ0v) is 7.58. The highest BCUT2D eigenvalue weighted by molar-refractivity contribution is 5.89. The first kappa shape index (κ1) is 10.2. The Morgan fingerprint density at radius 3 is 2.86 bits per heavy atom. The highest BCUT2D eigenvalue weighted by Gasteiger charge is 2.09. The van der Waals surface area contributed by atoms with E-state index in [2.05, 4.69) is 4.74 Å². The lowest BCUT2D eigenvalue weighted by Crippen LogP contribution is -2.05. The molecule has 1 aromatic carbocycles. The molecule has 0 heterocycles. The van der Waals surface area contributed by atoms with Gasteiger partial charge in [0.25, 0.3) is 0 Å². The molecule has 0 aliphatic rings. The number of rotatable bonds is 2. The molecule has 0 spiro atoms. The third-order valence-corrected chi connectivity index (χ3v) is 1.60. The number of carbonyl (C=O) groups is 1. The van der Waals surface area contributed by atoms with Gasteiger partial charge in [-0.3, -0.25) is 0 Å². The molecule has 0 bridgehead atoms. The summed E-state index contributed by atoms with van der Waals surface area (Å²) in [5, 5.41) is 8.45. The lowest BCUT2D eigenvalue weighted by atomic mass is 10.1. The predicted molar refractivity (Wildman–Crippen MR) is 47.1 cm³/mol. The lowest BCUT2D eigenvalue weighted by molar-refractivity contribution is 0.0526. The average Bonchev–Trinajstić information content (AvgIpc) is 2.18. The Hall–Kier alpha value is -1.89. The van der Waals surface area contributed by atoms with Crippen LogP contribution < -0.4 is 0 Å². The summed E-state index contributed by atoms with van der Waals surface area (Å²) in [5.41, 5.74) is 0.0291. The van der Waals surface area contributed by atoms with E-state index in [0.29, 0.717) is 0 Å². The van der Waals surface area contributed by atoms with Crippen LogP contribution in [0.3, 0.4) is 0 Å². The third kappa shape index (κ3) is 2.07. The van der Waals surface area contributed by atoms with Gasteiger partial charge in [0.15, 0.2) is 0 Å². The van der Waals surface area contributed by atoms with Gasteiger partial charge in [-0.2, -0.15) is 5.26 Å². The Labute approximate surface area is 80.7 Å². The summed E-state index contributed by atoms with van der Waals surface area (Å²) in [6.45, 7) is 1.90. The van der Waals surface area contributed by atoms with Gasteiger partial charge < -0.3 is 4.74 Å². The first-order chi connectivity index (χ1) is 6.69. The van der Waals surface area contributed by atoms with Crippen LogP contribution in [0.1, 0.15) is 22.8 Å². The highest BCUT2D eigenvalue weighted by atomic mass is 19.1. The van der Waals surface area contributed by atoms with Crippen molar-refractivity contribution in [1.29, 1.82) is 5.26 Å². The minimum absolute atomic E-state index is 0.0851. The van der Waals surface area contributed by atoms with Crippen LogP contribution in [0.25, 0.3) is 0 Å². The fraction of sp³-hybridized carbons (Fsp3) is 0.200. The van der Waals surface area contributed by atoms with E-state index in [1.807, 2.05) is 0 Å². The van der Waals surface area contributed by atoms with Gasteiger partial charge in [-0.1, -0.05) is 0 Å². The minimum Gasteiger partial charge on any atom is -0.462 e. The highest BCUT2D eigenvalue weighted by Crippen LogP contribution is 2.10. The number of hydrogen-bond donors (Lipinski definition) is 0. The molecule has 3 nitrogen and oxygen atoms in total. The maximum atomic E-state index is 13.0. The van der Waals surface area contributed by atoms with Crippen LogP contribution in [0, 0.1) is 17.1 Å². The molecule has 0 N–H and O–H groups in total. The van der Waals surface area contributed by atoms with Crippen molar-refractivity contribution >= 4 is 5.97 Å². The van der Waals surface area contributed by atoms with Gasteiger partial charge in [-0.15, -0.1) is 0 Å². The molecule has 0 unspecified atom stereocenters. The second kappa shape index (κ2) is 4.38. The minimum atomic E-state index is -0.710. The van der Waals surface area contributed by atoms with E-state index >= 15 is 0 Å². The molecule has 14 heavy (non-hydrogen) atoms. The van der Waals surface area contributed by atoms with Gasteiger partial charge in [0.1, 0.15) is 11.9 Å². The number of esters is 1. The van der Waals surface area contributed by atoms with Gasteiger partial charge in [-0.05, 0) is 25.1 Å². The summed E-state index contributed by atoms with van der Waals surface area (Å²) in [7, 11) is 0. The van der Waals surface area contributed by atoms with Gasteiger partial charge in [0.2, 0.25) is 0 Å². The van der Waals surface area contributed by atoms with Gasteiger partial charge >= 0.3 is 5.97 Å². The summed E-state index contributed by atoms with van der Waals surface area (Å²) < 4.78 is 17.7. The standard InChI is InChI=1S/C10H8FNO2/c1-2-14-10(13)7-3-4-8(6-12)9(11)5-7/h3-5H,2H2,1H3. The SMILES string of the molecule is CCOC(=O)c1ccc(C#N)c(F)c1. The molecule has 72 valence electrons. The van der Waals surface area contributed by atoms with E-state index in [0.717, 1.165) is 6.07 Å². The first-order valence-corrected chi connectivity index (χ1v) is 4.05. The Kier molecular flexibility index (Phi) is 3.19. The quantitative estimate of drug-likeness (QED) is 0.673. The molecular formula is C10H8FNO2. The maximum Gasteiger partial charge on any atom is 0.338 e. The van der Waals surface area contributed by atoms with E-state index in [-0.39, 0.29) is 17.7 Å². The molecule has 0 aliphatic carbocycles. The number of nitrogens with zero attached hydrogens (tertiary/aromatic N) is 1. The van der Waals surface area contributed by atoms with Crippen molar-refractivity contribution in [2.45, 2.75) is 6.92 Å². The van der Waals surface area contributed by atoms with Crippen molar-refractivity contribution in [3.8, 4) is 6.07 Å². The number of hydrogen-bond acceptors (Lipinski definition) is 3. The van der Waals surface area contributed by atoms with Gasteiger partial charge in [0.05, 0.1) is 17.7 Å². The molecule has 1 aromatic rings. The summed E-state index contributed by atoms with van der Waals surface area (Å²) in [5.74, 6) is -1.30. The van der Waals surface area contributed by atoms with Gasteiger partial charge in [-0.25, -0.2) is 9.18 Å². The Morgan fingerprint density at radius 2 is 2.36 bits per heavy atom. The molecule has 0 aliphatic heterocycles. The summed E-state index contributed by atoms with van der Waals surface area (Å²) in [4.78, 5) is 11.1. The average molecular weight is 193 g/mol. The van der Waals surface area contributed by atoms with Crippen LogP contribution in [-0.2, 0) is 4.74 Å². The molecule has 4 heteroatoms. The monoisotopic (exact) mass is 193 g/mol. The van der Waals surface area contributed by atoms with E-state index in [4.69, 9.17) is 5.26 Å². The molecule has 0 amide bonds. The Bertz CT molecular complexity index is 396. The van der Waals surface area contributed by atoms with Crippen molar-refractivity contribution in [2.24, 2.45) is 0 Å². The topological polar surface area (TPSA) is 50.1 Å². The lowest BCUT2D eigenvalue weighted by Gasteiger charge is -2.01. The van der Waals surface area contributed by atoms with Crippen LogP contribution in [0.15, 0.2) is 18.2 Å². The van der Waals surface area contributed by atoms with Crippen molar-refractivity contribution in [1.82, 2.24) is 0 Å². The molecule has 0 saturated carbocycles. The van der Waals surface area contributed by atoms with Crippen LogP contribution >= 0.6 is 0 Å². The summed E-state index contributed by atoms with van der Waals surface area (Å²) in [6, 6.07) is 5.28. The number of benzene rings is 1. The van der Waals surface area contributed by atoms with E-state index < -0.39 is 11.8 Å². The summed E-state index contributed by atoms with van der Waals surface area (Å²) >= 11 is 0. The molecular weight excluding hydrogens is 185 g/mol. The van der Waals surface area contributed by atoms with Crippen LogP contribution in [0.2, 0.25) is 0 Å². The van der Waals surface area contributed by atoms with Crippen LogP contribution in [0.4, 0.5) is 4.39 Å². The predicted octanol–water partition coefficient (Wildman–Crippen LogP) is 1.87. The fourth-order valence-corrected chi connectivity index (χ4v) is 0.947. The van der Waals surface area contributed by atoms with Crippen molar-refractivity contribution in [2.75, 3.05) is 6.61 Å². The zero-order chi connectivity index (χ0) is 10.6. The second-order valence-corrected chi connectivity index (χ2v) is 2.53. The van der Waals surface area contributed by atoms with Crippen LogP contribution in [-0.4, -0.2) is 12.6 Å². The first-order valence-electron chi connectivity index (χ1n) is 4.05. The number of ether oxygens (including phenoxy) is 1. The Balaban J connectivity index is 2.98. The molecule has 1 rings (SSSR count). The molecule has 0 radical (unpaired) electrons. The molecule has 0 fully saturated rings. The number of halogens is 1. The van der Waals surface area contributed by atoms with E-state index in [1.54, 1.807) is 13.0 Å². The number of nitriles is 1. The number of carbonyl (C=O) groups excluding carboxylic acids is 1. The molecule has 0 saturated heterocycles. The van der Waals surface area contributed by atoms with Crippen molar-refractivity contribution in [3.63, 3.8) is 0 Å². The normalized spacial score (nSPS) is 9.21. The second-order valence-electron chi connectivity index (χ2n) is 2.53. The smallest absolute Gasteiger partial charge is 0.338 e. The van der Waals surface area contributed by atoms with Gasteiger partial charge in [0, 0.05) is 0 Å². The summed E-state index contributed by atoms with van der Waals surface area (Å²) in [6.07, 6.45) is 0. The molecule has 0 atom stereocenters. The van der Waals surface area contributed by atoms with Crippen molar-refractivity contribution in [3.05, 3.63) is 35.1 Å². The van der Waals surface area contributed by atoms with E-state index in [1.165, 1.54) is 12.1 Å². The van der Waals surface area contributed by atoms with Crippen LogP contribution in [0.5, 0.6) is 0 Å². The Morgan fingerprint density at radius 1 is 1.64 bits per heavy atom. The third-order valence-electron chi connectivity index (χ3n) is 1.60.